The molecule has 1 aromatic carbocycles. The van der Waals surface area contributed by atoms with Gasteiger partial charge < -0.3 is 15.6 Å². The van der Waals surface area contributed by atoms with Crippen molar-refractivity contribution in [3.8, 4) is 11.6 Å². The summed E-state index contributed by atoms with van der Waals surface area (Å²) in [6, 6.07) is 10.7. The lowest BCUT2D eigenvalue weighted by atomic mass is 10.2. The smallest absolute Gasteiger partial charge is 0.354 e. The maximum atomic E-state index is 11.2. The Morgan fingerprint density at radius 2 is 1.84 bits per heavy atom. The number of benzene rings is 1. The first-order valence-electron chi connectivity index (χ1n) is 5.35. The second-order valence-electron chi connectivity index (χ2n) is 3.63. The number of carbonyl (C=O) groups is 2. The Kier molecular flexibility index (Phi) is 3.42. The largest absolute Gasteiger partial charge is 0.477 e. The van der Waals surface area contributed by atoms with Crippen LogP contribution in [0.5, 0.6) is 11.6 Å². The van der Waals surface area contributed by atoms with Crippen molar-refractivity contribution in [2.24, 2.45) is 5.73 Å². The number of aromatic nitrogens is 1. The van der Waals surface area contributed by atoms with E-state index >= 15 is 0 Å². The van der Waals surface area contributed by atoms with E-state index in [4.69, 9.17) is 15.6 Å². The Labute approximate surface area is 108 Å². The zero-order valence-corrected chi connectivity index (χ0v) is 9.74. The van der Waals surface area contributed by atoms with Crippen LogP contribution in [0.1, 0.15) is 20.8 Å². The molecule has 0 fully saturated rings. The highest BCUT2D eigenvalue weighted by atomic mass is 16.5. The van der Waals surface area contributed by atoms with Gasteiger partial charge in [-0.15, -0.1) is 0 Å². The number of para-hydroxylation sites is 1. The number of hydrogen-bond donors (Lipinski definition) is 2. The highest BCUT2D eigenvalue weighted by molar-refractivity contribution is 5.95. The molecule has 2 aromatic rings. The summed E-state index contributed by atoms with van der Waals surface area (Å²) in [6.45, 7) is 0. The van der Waals surface area contributed by atoms with Crippen LogP contribution in [-0.2, 0) is 0 Å². The first-order chi connectivity index (χ1) is 9.08. The van der Waals surface area contributed by atoms with E-state index in [1.54, 1.807) is 18.2 Å². The van der Waals surface area contributed by atoms with E-state index in [1.165, 1.54) is 24.3 Å². The van der Waals surface area contributed by atoms with E-state index in [-0.39, 0.29) is 22.9 Å². The summed E-state index contributed by atoms with van der Waals surface area (Å²) in [5.74, 6) is -1.49. The van der Waals surface area contributed by atoms with E-state index in [0.29, 0.717) is 0 Å². The number of rotatable bonds is 4. The molecule has 0 radical (unpaired) electrons. The van der Waals surface area contributed by atoms with Crippen molar-refractivity contribution in [2.75, 3.05) is 0 Å². The molecule has 1 aromatic heterocycles. The molecule has 1 amide bonds. The van der Waals surface area contributed by atoms with Crippen LogP contribution in [0.25, 0.3) is 0 Å². The van der Waals surface area contributed by atoms with Crippen LogP contribution in [0.15, 0.2) is 42.5 Å². The molecule has 0 spiro atoms. The summed E-state index contributed by atoms with van der Waals surface area (Å²) < 4.78 is 5.39. The van der Waals surface area contributed by atoms with Crippen LogP contribution in [-0.4, -0.2) is 22.0 Å². The Balaban J connectivity index is 2.34. The van der Waals surface area contributed by atoms with Gasteiger partial charge in [-0.2, -0.15) is 0 Å². The molecule has 0 saturated heterocycles. The second-order valence-corrected chi connectivity index (χ2v) is 3.63. The van der Waals surface area contributed by atoms with Crippen LogP contribution in [0.2, 0.25) is 0 Å². The summed E-state index contributed by atoms with van der Waals surface area (Å²) in [5.41, 5.74) is 5.27. The van der Waals surface area contributed by atoms with Gasteiger partial charge in [0.15, 0.2) is 5.69 Å². The fourth-order valence-electron chi connectivity index (χ4n) is 1.46. The van der Waals surface area contributed by atoms with Crippen LogP contribution >= 0.6 is 0 Å². The minimum atomic E-state index is -1.16. The molecular weight excluding hydrogens is 248 g/mol. The fraction of sp³-hybridized carbons (Fsp3) is 0. The van der Waals surface area contributed by atoms with Gasteiger partial charge in [0.05, 0.1) is 5.56 Å². The summed E-state index contributed by atoms with van der Waals surface area (Å²) in [4.78, 5) is 25.8. The van der Waals surface area contributed by atoms with Gasteiger partial charge >= 0.3 is 5.97 Å². The molecular formula is C13H10N2O4. The lowest BCUT2D eigenvalue weighted by molar-refractivity contribution is 0.0689. The molecule has 0 atom stereocenters. The van der Waals surface area contributed by atoms with Crippen molar-refractivity contribution in [1.29, 1.82) is 0 Å². The van der Waals surface area contributed by atoms with Crippen molar-refractivity contribution in [3.63, 3.8) is 0 Å². The van der Waals surface area contributed by atoms with Gasteiger partial charge in [-0.1, -0.05) is 18.2 Å². The van der Waals surface area contributed by atoms with Crippen molar-refractivity contribution in [2.45, 2.75) is 0 Å². The first kappa shape index (κ1) is 12.6. The molecule has 0 saturated carbocycles. The minimum Gasteiger partial charge on any atom is -0.477 e. The minimum absolute atomic E-state index is 0.0774. The molecule has 0 unspecified atom stereocenters. The zero-order chi connectivity index (χ0) is 13.8. The number of carboxylic acid groups (broad SMARTS) is 1. The fourth-order valence-corrected chi connectivity index (χ4v) is 1.46. The third-order valence-electron chi connectivity index (χ3n) is 2.31. The van der Waals surface area contributed by atoms with Crippen LogP contribution in [0.4, 0.5) is 0 Å². The number of carbonyl (C=O) groups excluding carboxylic acids is 1. The number of pyridine rings is 1. The van der Waals surface area contributed by atoms with Gasteiger partial charge in [-0.3, -0.25) is 4.79 Å². The number of nitrogens with two attached hydrogens (primary N) is 1. The molecule has 2 rings (SSSR count). The van der Waals surface area contributed by atoms with E-state index < -0.39 is 11.9 Å². The monoisotopic (exact) mass is 258 g/mol. The zero-order valence-electron chi connectivity index (χ0n) is 9.74. The number of ether oxygens (including phenoxy) is 1. The van der Waals surface area contributed by atoms with E-state index in [0.717, 1.165) is 0 Å². The van der Waals surface area contributed by atoms with Gasteiger partial charge in [-0.25, -0.2) is 9.78 Å². The molecule has 0 bridgehead atoms. The first-order valence-corrected chi connectivity index (χ1v) is 5.35. The average molecular weight is 258 g/mol. The van der Waals surface area contributed by atoms with Gasteiger partial charge in [-0.05, 0) is 18.2 Å². The lowest BCUT2D eigenvalue weighted by Crippen LogP contribution is -2.12. The predicted molar refractivity (Wildman–Crippen MR) is 66.2 cm³/mol. The topological polar surface area (TPSA) is 103 Å². The molecule has 0 aliphatic rings. The molecule has 1 heterocycles. The summed E-state index contributed by atoms with van der Waals surface area (Å²) in [6.07, 6.45) is 0. The van der Waals surface area contributed by atoms with E-state index in [2.05, 4.69) is 4.98 Å². The molecule has 3 N–H and O–H groups in total. The third kappa shape index (κ3) is 2.86. The molecule has 6 nitrogen and oxygen atoms in total. The van der Waals surface area contributed by atoms with E-state index in [9.17, 15) is 9.59 Å². The van der Waals surface area contributed by atoms with Crippen molar-refractivity contribution in [1.82, 2.24) is 4.98 Å². The Bertz CT molecular complexity index is 640. The van der Waals surface area contributed by atoms with Gasteiger partial charge in [0, 0.05) is 6.07 Å². The van der Waals surface area contributed by atoms with Crippen LogP contribution in [0.3, 0.4) is 0 Å². The highest BCUT2D eigenvalue weighted by Crippen LogP contribution is 2.23. The SMILES string of the molecule is NC(=O)c1ccccc1Oc1cccc(C(=O)O)n1. The normalized spacial score (nSPS) is 9.89. The van der Waals surface area contributed by atoms with Crippen molar-refractivity contribution in [3.05, 3.63) is 53.7 Å². The second kappa shape index (κ2) is 5.18. The maximum Gasteiger partial charge on any atom is 0.354 e. The number of hydrogen-bond acceptors (Lipinski definition) is 4. The molecule has 0 aliphatic heterocycles. The number of nitrogens with zero attached hydrogens (tertiary/aromatic N) is 1. The molecule has 6 heteroatoms. The number of carboxylic acids is 1. The number of aromatic carboxylic acids is 1. The number of primary amides is 1. The van der Waals surface area contributed by atoms with Crippen molar-refractivity contribution >= 4 is 11.9 Å². The molecule has 96 valence electrons. The average Bonchev–Trinajstić information content (AvgIpc) is 2.39. The number of amides is 1. The maximum absolute atomic E-state index is 11.2. The quantitative estimate of drug-likeness (QED) is 0.868. The molecule has 19 heavy (non-hydrogen) atoms. The predicted octanol–water partition coefficient (Wildman–Crippen LogP) is 1.67. The van der Waals surface area contributed by atoms with Gasteiger partial charge in [0.2, 0.25) is 5.88 Å². The standard InChI is InChI=1S/C13H10N2O4/c14-12(16)8-4-1-2-6-10(8)19-11-7-3-5-9(15-11)13(17)18/h1-7H,(H2,14,16)(H,17,18). The molecule has 0 aliphatic carbocycles. The Morgan fingerprint density at radius 1 is 1.11 bits per heavy atom. The van der Waals surface area contributed by atoms with Crippen LogP contribution in [0, 0.1) is 0 Å². The van der Waals surface area contributed by atoms with Gasteiger partial charge in [0.1, 0.15) is 5.75 Å². The van der Waals surface area contributed by atoms with Gasteiger partial charge in [0.25, 0.3) is 5.91 Å². The van der Waals surface area contributed by atoms with Crippen molar-refractivity contribution < 1.29 is 19.4 Å². The van der Waals surface area contributed by atoms with Crippen LogP contribution < -0.4 is 10.5 Å². The lowest BCUT2D eigenvalue weighted by Gasteiger charge is -2.08. The summed E-state index contributed by atoms with van der Waals surface area (Å²) in [5, 5.41) is 8.83. The van der Waals surface area contributed by atoms with E-state index in [1.807, 2.05) is 0 Å². The third-order valence-corrected chi connectivity index (χ3v) is 2.31. The Hall–Kier alpha value is -2.89. The summed E-state index contributed by atoms with van der Waals surface area (Å²) >= 11 is 0. The highest BCUT2D eigenvalue weighted by Gasteiger charge is 2.11. The summed E-state index contributed by atoms with van der Waals surface area (Å²) in [7, 11) is 0. The Morgan fingerprint density at radius 3 is 2.53 bits per heavy atom.